The van der Waals surface area contributed by atoms with Gasteiger partial charge in [0.25, 0.3) is 5.91 Å². The number of carbonyl (C=O) groups is 2. The number of anilines is 1. The fourth-order valence-corrected chi connectivity index (χ4v) is 3.47. The Morgan fingerprint density at radius 2 is 1.73 bits per heavy atom. The Kier molecular flexibility index (Phi) is 5.40. The maximum Gasteiger partial charge on any atom is 0.251 e. The standard InChI is InChI=1S/C22H26N2O2/c1-14-8-9-20(13-21(14)24-16(3)25)22(26)23-15(2)18-11-10-17-6-4-5-7-19(17)12-18/h8-13,15H,4-7H2,1-3H3,(H,23,26)(H,24,25). The van der Waals surface area contributed by atoms with Crippen molar-refractivity contribution >= 4 is 17.5 Å². The second kappa shape index (κ2) is 7.73. The Morgan fingerprint density at radius 1 is 1.00 bits per heavy atom. The van der Waals surface area contributed by atoms with Crippen LogP contribution < -0.4 is 10.6 Å². The van der Waals surface area contributed by atoms with Crippen LogP contribution in [0.1, 0.15) is 65.3 Å². The number of nitrogens with one attached hydrogen (secondary N) is 2. The third-order valence-corrected chi connectivity index (χ3v) is 5.03. The molecule has 0 aliphatic heterocycles. The van der Waals surface area contributed by atoms with Gasteiger partial charge in [0.2, 0.25) is 5.91 Å². The van der Waals surface area contributed by atoms with Crippen molar-refractivity contribution < 1.29 is 9.59 Å². The molecular weight excluding hydrogens is 324 g/mol. The lowest BCUT2D eigenvalue weighted by atomic mass is 9.89. The van der Waals surface area contributed by atoms with Gasteiger partial charge in [0.15, 0.2) is 0 Å². The van der Waals surface area contributed by atoms with Crippen LogP contribution in [0.15, 0.2) is 36.4 Å². The molecule has 2 aromatic carbocycles. The van der Waals surface area contributed by atoms with Crippen molar-refractivity contribution in [2.24, 2.45) is 0 Å². The van der Waals surface area contributed by atoms with E-state index < -0.39 is 0 Å². The molecule has 136 valence electrons. The van der Waals surface area contributed by atoms with Crippen LogP contribution >= 0.6 is 0 Å². The smallest absolute Gasteiger partial charge is 0.251 e. The minimum atomic E-state index is -0.145. The lowest BCUT2D eigenvalue weighted by Gasteiger charge is -2.20. The normalized spacial score (nSPS) is 14.3. The van der Waals surface area contributed by atoms with Gasteiger partial charge in [-0.1, -0.05) is 24.3 Å². The summed E-state index contributed by atoms with van der Waals surface area (Å²) in [6.07, 6.45) is 4.79. The monoisotopic (exact) mass is 350 g/mol. The number of benzene rings is 2. The highest BCUT2D eigenvalue weighted by Crippen LogP contribution is 2.25. The topological polar surface area (TPSA) is 58.2 Å². The molecule has 1 atom stereocenters. The van der Waals surface area contributed by atoms with Gasteiger partial charge < -0.3 is 10.6 Å². The summed E-state index contributed by atoms with van der Waals surface area (Å²) in [4.78, 5) is 24.0. The van der Waals surface area contributed by atoms with Crippen LogP contribution in [0.5, 0.6) is 0 Å². The van der Waals surface area contributed by atoms with Gasteiger partial charge >= 0.3 is 0 Å². The van der Waals surface area contributed by atoms with Crippen molar-refractivity contribution in [2.45, 2.75) is 52.5 Å². The number of hydrogen-bond acceptors (Lipinski definition) is 2. The first kappa shape index (κ1) is 18.2. The fraction of sp³-hybridized carbons (Fsp3) is 0.364. The van der Waals surface area contributed by atoms with Crippen molar-refractivity contribution in [1.82, 2.24) is 5.32 Å². The van der Waals surface area contributed by atoms with Crippen molar-refractivity contribution in [3.63, 3.8) is 0 Å². The van der Waals surface area contributed by atoms with Gasteiger partial charge in [0.05, 0.1) is 6.04 Å². The quantitative estimate of drug-likeness (QED) is 0.862. The minimum Gasteiger partial charge on any atom is -0.346 e. The number of hydrogen-bond donors (Lipinski definition) is 2. The molecule has 0 aromatic heterocycles. The zero-order valence-corrected chi connectivity index (χ0v) is 15.7. The summed E-state index contributed by atoms with van der Waals surface area (Å²) in [5.41, 5.74) is 6.14. The summed E-state index contributed by atoms with van der Waals surface area (Å²) in [7, 11) is 0. The second-order valence-corrected chi connectivity index (χ2v) is 7.14. The minimum absolute atomic E-state index is 0.0692. The van der Waals surface area contributed by atoms with Gasteiger partial charge in [-0.15, -0.1) is 0 Å². The maximum atomic E-state index is 12.6. The first-order chi connectivity index (χ1) is 12.4. The third-order valence-electron chi connectivity index (χ3n) is 5.03. The highest BCUT2D eigenvalue weighted by molar-refractivity contribution is 5.97. The average Bonchev–Trinajstić information content (AvgIpc) is 2.62. The highest BCUT2D eigenvalue weighted by atomic mass is 16.2. The molecule has 4 heteroatoms. The van der Waals surface area contributed by atoms with Crippen LogP contribution in [-0.4, -0.2) is 11.8 Å². The van der Waals surface area contributed by atoms with Crippen molar-refractivity contribution in [2.75, 3.05) is 5.32 Å². The summed E-state index contributed by atoms with van der Waals surface area (Å²) in [6, 6.07) is 11.8. The van der Waals surface area contributed by atoms with Crippen LogP contribution in [0.25, 0.3) is 0 Å². The maximum absolute atomic E-state index is 12.6. The predicted molar refractivity (Wildman–Crippen MR) is 104 cm³/mol. The Labute approximate surface area is 155 Å². The Balaban J connectivity index is 1.74. The molecule has 0 heterocycles. The van der Waals surface area contributed by atoms with E-state index in [9.17, 15) is 9.59 Å². The molecule has 1 unspecified atom stereocenters. The molecule has 0 radical (unpaired) electrons. The zero-order valence-electron chi connectivity index (χ0n) is 15.7. The van der Waals surface area contributed by atoms with E-state index in [1.165, 1.54) is 30.9 Å². The molecule has 0 saturated heterocycles. The predicted octanol–water partition coefficient (Wildman–Crippen LogP) is 4.32. The Bertz CT molecular complexity index is 842. The number of rotatable bonds is 4. The molecular formula is C22H26N2O2. The van der Waals surface area contributed by atoms with Crippen LogP contribution in [-0.2, 0) is 17.6 Å². The van der Waals surface area contributed by atoms with Gasteiger partial charge in [0.1, 0.15) is 0 Å². The zero-order chi connectivity index (χ0) is 18.7. The van der Waals surface area contributed by atoms with Crippen LogP contribution in [0.4, 0.5) is 5.69 Å². The molecule has 1 aliphatic carbocycles. The Morgan fingerprint density at radius 3 is 2.46 bits per heavy atom. The molecule has 3 rings (SSSR count). The number of fused-ring (bicyclic) bond motifs is 1. The van der Waals surface area contributed by atoms with Crippen LogP contribution in [0.2, 0.25) is 0 Å². The molecule has 0 saturated carbocycles. The van der Waals surface area contributed by atoms with E-state index in [4.69, 9.17) is 0 Å². The molecule has 26 heavy (non-hydrogen) atoms. The molecule has 0 spiro atoms. The lowest BCUT2D eigenvalue weighted by Crippen LogP contribution is -2.27. The average molecular weight is 350 g/mol. The van der Waals surface area contributed by atoms with E-state index in [0.717, 1.165) is 24.0 Å². The molecule has 4 nitrogen and oxygen atoms in total. The molecule has 1 aliphatic rings. The first-order valence-electron chi connectivity index (χ1n) is 9.25. The summed E-state index contributed by atoms with van der Waals surface area (Å²) >= 11 is 0. The molecule has 2 aromatic rings. The van der Waals surface area contributed by atoms with E-state index >= 15 is 0 Å². The van der Waals surface area contributed by atoms with Gasteiger partial charge in [0, 0.05) is 18.2 Å². The second-order valence-electron chi connectivity index (χ2n) is 7.14. The van der Waals surface area contributed by atoms with Crippen molar-refractivity contribution in [3.8, 4) is 0 Å². The van der Waals surface area contributed by atoms with Crippen molar-refractivity contribution in [1.29, 1.82) is 0 Å². The fourth-order valence-electron chi connectivity index (χ4n) is 3.47. The Hall–Kier alpha value is -2.62. The summed E-state index contributed by atoms with van der Waals surface area (Å²) in [6.45, 7) is 5.37. The number of carbonyl (C=O) groups excluding carboxylic acids is 2. The summed E-state index contributed by atoms with van der Waals surface area (Å²) in [5, 5.41) is 5.84. The van der Waals surface area contributed by atoms with E-state index in [2.05, 4.69) is 28.8 Å². The van der Waals surface area contributed by atoms with Crippen molar-refractivity contribution in [3.05, 3.63) is 64.2 Å². The molecule has 0 bridgehead atoms. The summed E-state index contributed by atoms with van der Waals surface area (Å²) < 4.78 is 0. The van der Waals surface area contributed by atoms with Gasteiger partial charge in [-0.3, -0.25) is 9.59 Å². The van der Waals surface area contributed by atoms with E-state index in [-0.39, 0.29) is 17.9 Å². The van der Waals surface area contributed by atoms with Gasteiger partial charge in [-0.05, 0) is 73.9 Å². The van der Waals surface area contributed by atoms with Crippen LogP contribution in [0.3, 0.4) is 0 Å². The number of amides is 2. The number of aryl methyl sites for hydroxylation is 3. The molecule has 0 fully saturated rings. The van der Waals surface area contributed by atoms with Crippen LogP contribution in [0, 0.1) is 6.92 Å². The van der Waals surface area contributed by atoms with E-state index in [1.54, 1.807) is 12.1 Å². The molecule has 2 amide bonds. The van der Waals surface area contributed by atoms with Gasteiger partial charge in [-0.25, -0.2) is 0 Å². The SMILES string of the molecule is CC(=O)Nc1cc(C(=O)NC(C)c2ccc3c(c2)CCCC3)ccc1C. The van der Waals surface area contributed by atoms with E-state index in [1.807, 2.05) is 19.9 Å². The lowest BCUT2D eigenvalue weighted by molar-refractivity contribution is -0.114. The molecule has 2 N–H and O–H groups in total. The summed E-state index contributed by atoms with van der Waals surface area (Å²) in [5.74, 6) is -0.282. The third kappa shape index (κ3) is 4.13. The van der Waals surface area contributed by atoms with E-state index in [0.29, 0.717) is 11.3 Å². The largest absolute Gasteiger partial charge is 0.346 e. The highest BCUT2D eigenvalue weighted by Gasteiger charge is 2.16. The first-order valence-corrected chi connectivity index (χ1v) is 9.25. The van der Waals surface area contributed by atoms with Gasteiger partial charge in [-0.2, -0.15) is 0 Å².